The van der Waals surface area contributed by atoms with Crippen LogP contribution >= 0.6 is 0 Å². The molecule has 1 aromatic heterocycles. The predicted molar refractivity (Wildman–Crippen MR) is 108 cm³/mol. The molecule has 1 atom stereocenters. The second-order valence-corrected chi connectivity index (χ2v) is 7.31. The van der Waals surface area contributed by atoms with Gasteiger partial charge in [-0.05, 0) is 17.5 Å². The Morgan fingerprint density at radius 2 is 1.64 bits per heavy atom. The Morgan fingerprint density at radius 1 is 1.00 bits per heavy atom. The van der Waals surface area contributed by atoms with Crippen molar-refractivity contribution in [1.29, 1.82) is 0 Å². The number of hydrogen-bond acceptors (Lipinski definition) is 5. The third-order valence-electron chi connectivity index (χ3n) is 4.88. The first-order valence-electron chi connectivity index (χ1n) is 9.68. The molecule has 1 aromatic carbocycles. The van der Waals surface area contributed by atoms with E-state index < -0.39 is 6.04 Å². The topological polar surface area (TPSA) is 78.4 Å². The SMILES string of the molecule is CC(C)C(NC(=O)Cc1ccccc1)C(=O)N1CCN(c2ncccn2)CC1. The van der Waals surface area contributed by atoms with Crippen LogP contribution in [0.1, 0.15) is 19.4 Å². The second-order valence-electron chi connectivity index (χ2n) is 7.31. The summed E-state index contributed by atoms with van der Waals surface area (Å²) in [5, 5.41) is 2.94. The third kappa shape index (κ3) is 5.06. The van der Waals surface area contributed by atoms with Crippen LogP contribution < -0.4 is 10.2 Å². The van der Waals surface area contributed by atoms with Crippen molar-refractivity contribution in [3.63, 3.8) is 0 Å². The van der Waals surface area contributed by atoms with Gasteiger partial charge in [-0.3, -0.25) is 9.59 Å². The quantitative estimate of drug-likeness (QED) is 0.821. The molecule has 2 heterocycles. The number of carbonyl (C=O) groups is 2. The van der Waals surface area contributed by atoms with Crippen LogP contribution in [0, 0.1) is 5.92 Å². The number of amides is 2. The molecule has 7 heteroatoms. The highest BCUT2D eigenvalue weighted by molar-refractivity contribution is 5.88. The van der Waals surface area contributed by atoms with Crippen LogP contribution in [0.3, 0.4) is 0 Å². The van der Waals surface area contributed by atoms with Gasteiger partial charge in [-0.2, -0.15) is 0 Å². The van der Waals surface area contributed by atoms with Crippen molar-refractivity contribution in [2.24, 2.45) is 5.92 Å². The first-order valence-corrected chi connectivity index (χ1v) is 9.68. The lowest BCUT2D eigenvalue weighted by Crippen LogP contribution is -2.56. The fourth-order valence-corrected chi connectivity index (χ4v) is 3.30. The van der Waals surface area contributed by atoms with Gasteiger partial charge < -0.3 is 15.1 Å². The zero-order valence-corrected chi connectivity index (χ0v) is 16.4. The van der Waals surface area contributed by atoms with E-state index in [1.807, 2.05) is 49.1 Å². The van der Waals surface area contributed by atoms with Gasteiger partial charge in [0.1, 0.15) is 6.04 Å². The van der Waals surface area contributed by atoms with E-state index in [2.05, 4.69) is 20.2 Å². The number of nitrogens with one attached hydrogen (secondary N) is 1. The number of nitrogens with zero attached hydrogens (tertiary/aromatic N) is 4. The minimum Gasteiger partial charge on any atom is -0.344 e. The van der Waals surface area contributed by atoms with Gasteiger partial charge >= 0.3 is 0 Å². The zero-order chi connectivity index (χ0) is 19.9. The maximum atomic E-state index is 13.0. The Labute approximate surface area is 165 Å². The lowest BCUT2D eigenvalue weighted by Gasteiger charge is -2.37. The summed E-state index contributed by atoms with van der Waals surface area (Å²) in [5.41, 5.74) is 0.937. The van der Waals surface area contributed by atoms with Crippen molar-refractivity contribution in [2.45, 2.75) is 26.3 Å². The van der Waals surface area contributed by atoms with Crippen LogP contribution in [0.2, 0.25) is 0 Å². The van der Waals surface area contributed by atoms with E-state index in [4.69, 9.17) is 0 Å². The molecular weight excluding hydrogens is 354 g/mol. The van der Waals surface area contributed by atoms with E-state index in [1.54, 1.807) is 18.5 Å². The molecule has 7 nitrogen and oxygen atoms in total. The van der Waals surface area contributed by atoms with Crippen molar-refractivity contribution < 1.29 is 9.59 Å². The first-order chi connectivity index (χ1) is 13.5. The number of piperazine rings is 1. The number of benzene rings is 1. The molecule has 0 radical (unpaired) electrons. The molecule has 0 aliphatic carbocycles. The van der Waals surface area contributed by atoms with E-state index >= 15 is 0 Å². The molecule has 1 fully saturated rings. The number of hydrogen-bond donors (Lipinski definition) is 1. The molecule has 0 saturated carbocycles. The summed E-state index contributed by atoms with van der Waals surface area (Å²) < 4.78 is 0. The molecule has 1 N–H and O–H groups in total. The highest BCUT2D eigenvalue weighted by atomic mass is 16.2. The molecule has 2 amide bonds. The van der Waals surface area contributed by atoms with Crippen LogP contribution in [-0.2, 0) is 16.0 Å². The molecular formula is C21H27N5O2. The first kappa shape index (κ1) is 19.8. The fraction of sp³-hybridized carbons (Fsp3) is 0.429. The summed E-state index contributed by atoms with van der Waals surface area (Å²) in [6.45, 7) is 6.46. The summed E-state index contributed by atoms with van der Waals surface area (Å²) in [6.07, 6.45) is 3.71. The van der Waals surface area contributed by atoms with Crippen LogP contribution in [0.15, 0.2) is 48.8 Å². The minimum atomic E-state index is -0.518. The highest BCUT2D eigenvalue weighted by Crippen LogP contribution is 2.13. The fourth-order valence-electron chi connectivity index (χ4n) is 3.30. The lowest BCUT2D eigenvalue weighted by atomic mass is 10.0. The van der Waals surface area contributed by atoms with Gasteiger partial charge in [-0.25, -0.2) is 9.97 Å². The maximum absolute atomic E-state index is 13.0. The van der Waals surface area contributed by atoms with E-state index in [0.717, 1.165) is 5.56 Å². The average molecular weight is 381 g/mol. The van der Waals surface area contributed by atoms with Crippen LogP contribution in [0.4, 0.5) is 5.95 Å². The highest BCUT2D eigenvalue weighted by Gasteiger charge is 2.31. The Bertz CT molecular complexity index is 774. The second kappa shape index (κ2) is 9.30. The lowest BCUT2D eigenvalue weighted by molar-refractivity contribution is -0.137. The van der Waals surface area contributed by atoms with Gasteiger partial charge in [0.2, 0.25) is 17.8 Å². The van der Waals surface area contributed by atoms with Gasteiger partial charge in [-0.15, -0.1) is 0 Å². The maximum Gasteiger partial charge on any atom is 0.245 e. The number of carbonyl (C=O) groups excluding carboxylic acids is 2. The van der Waals surface area contributed by atoms with Crippen LogP contribution in [-0.4, -0.2) is 58.9 Å². The van der Waals surface area contributed by atoms with Gasteiger partial charge in [0, 0.05) is 38.6 Å². The van der Waals surface area contributed by atoms with Crippen molar-refractivity contribution in [1.82, 2.24) is 20.2 Å². The molecule has 148 valence electrons. The molecule has 1 aliphatic heterocycles. The van der Waals surface area contributed by atoms with Gasteiger partial charge in [-0.1, -0.05) is 44.2 Å². The van der Waals surface area contributed by atoms with Crippen LogP contribution in [0.25, 0.3) is 0 Å². The summed E-state index contributed by atoms with van der Waals surface area (Å²) in [4.78, 5) is 37.9. The van der Waals surface area contributed by atoms with Gasteiger partial charge in [0.05, 0.1) is 6.42 Å². The Hall–Kier alpha value is -2.96. The monoisotopic (exact) mass is 381 g/mol. The third-order valence-corrected chi connectivity index (χ3v) is 4.88. The number of aromatic nitrogens is 2. The Kier molecular flexibility index (Phi) is 6.57. The van der Waals surface area contributed by atoms with Crippen molar-refractivity contribution in [2.75, 3.05) is 31.1 Å². The molecule has 28 heavy (non-hydrogen) atoms. The summed E-state index contributed by atoms with van der Waals surface area (Å²) in [7, 11) is 0. The van der Waals surface area contributed by atoms with Crippen molar-refractivity contribution in [3.8, 4) is 0 Å². The molecule has 1 unspecified atom stereocenters. The van der Waals surface area contributed by atoms with Crippen molar-refractivity contribution in [3.05, 3.63) is 54.4 Å². The number of rotatable bonds is 6. The summed E-state index contributed by atoms with van der Waals surface area (Å²) >= 11 is 0. The van der Waals surface area contributed by atoms with E-state index in [0.29, 0.717) is 32.1 Å². The molecule has 1 saturated heterocycles. The molecule has 0 bridgehead atoms. The molecule has 2 aromatic rings. The summed E-state index contributed by atoms with van der Waals surface area (Å²) in [6, 6.07) is 10.8. The largest absolute Gasteiger partial charge is 0.344 e. The standard InChI is InChI=1S/C21H27N5O2/c1-16(2)19(24-18(27)15-17-7-4-3-5-8-17)20(28)25-11-13-26(14-12-25)21-22-9-6-10-23-21/h3-10,16,19H,11-15H2,1-2H3,(H,24,27). The van der Waals surface area contributed by atoms with Crippen molar-refractivity contribution >= 4 is 17.8 Å². The molecule has 0 spiro atoms. The molecule has 1 aliphatic rings. The van der Waals surface area contributed by atoms with Gasteiger partial charge in [0.25, 0.3) is 0 Å². The normalized spacial score (nSPS) is 15.4. The average Bonchev–Trinajstić information content (AvgIpc) is 2.73. The van der Waals surface area contributed by atoms with E-state index in [1.165, 1.54) is 0 Å². The molecule has 3 rings (SSSR count). The number of anilines is 1. The van der Waals surface area contributed by atoms with E-state index in [9.17, 15) is 9.59 Å². The van der Waals surface area contributed by atoms with E-state index in [-0.39, 0.29) is 24.2 Å². The minimum absolute atomic E-state index is 0.0164. The van der Waals surface area contributed by atoms with Gasteiger partial charge in [0.15, 0.2) is 0 Å². The smallest absolute Gasteiger partial charge is 0.245 e. The Morgan fingerprint density at radius 3 is 2.25 bits per heavy atom. The van der Waals surface area contributed by atoms with Crippen LogP contribution in [0.5, 0.6) is 0 Å². The predicted octanol–water partition coefficient (Wildman–Crippen LogP) is 1.51. The summed E-state index contributed by atoms with van der Waals surface area (Å²) in [5.74, 6) is 0.550. The Balaban J connectivity index is 1.57. The zero-order valence-electron chi connectivity index (χ0n) is 16.4.